The second kappa shape index (κ2) is 4.74. The van der Waals surface area contributed by atoms with Crippen molar-refractivity contribution in [2.24, 2.45) is 11.7 Å². The maximum atomic E-state index is 9.19. The highest BCUT2D eigenvalue weighted by molar-refractivity contribution is 5.01. The molecule has 1 fully saturated rings. The van der Waals surface area contributed by atoms with Gasteiger partial charge in [-0.1, -0.05) is 13.5 Å². The Morgan fingerprint density at radius 1 is 1.69 bits per heavy atom. The normalized spacial score (nSPS) is 29.5. The van der Waals surface area contributed by atoms with Gasteiger partial charge in [0.25, 0.3) is 0 Å². The zero-order chi connectivity index (χ0) is 9.84. The van der Waals surface area contributed by atoms with Crippen LogP contribution in [0.4, 0.5) is 0 Å². The van der Waals surface area contributed by atoms with Crippen molar-refractivity contribution < 1.29 is 5.11 Å². The average Bonchev–Trinajstić information content (AvgIpc) is 2.46. The minimum atomic E-state index is 0.249. The van der Waals surface area contributed by atoms with Gasteiger partial charge in [0.05, 0.1) is 6.61 Å². The van der Waals surface area contributed by atoms with E-state index in [4.69, 9.17) is 5.73 Å². The summed E-state index contributed by atoms with van der Waals surface area (Å²) in [4.78, 5) is 2.28. The van der Waals surface area contributed by atoms with Gasteiger partial charge < -0.3 is 10.8 Å². The van der Waals surface area contributed by atoms with E-state index in [0.717, 1.165) is 18.7 Å². The molecule has 1 aliphatic heterocycles. The molecule has 0 aromatic rings. The van der Waals surface area contributed by atoms with Crippen molar-refractivity contribution in [3.63, 3.8) is 0 Å². The Morgan fingerprint density at radius 2 is 2.38 bits per heavy atom. The third-order valence-corrected chi connectivity index (χ3v) is 2.90. The maximum Gasteiger partial charge on any atom is 0.0589 e. The quantitative estimate of drug-likeness (QED) is 0.614. The van der Waals surface area contributed by atoms with Gasteiger partial charge in [0.2, 0.25) is 0 Å². The molecule has 0 amide bonds. The van der Waals surface area contributed by atoms with Crippen LogP contribution >= 0.6 is 0 Å². The zero-order valence-electron chi connectivity index (χ0n) is 8.37. The molecule has 0 aromatic carbocycles. The number of hydrogen-bond donors (Lipinski definition) is 2. The third-order valence-electron chi connectivity index (χ3n) is 2.90. The number of rotatable bonds is 4. The largest absolute Gasteiger partial charge is 0.395 e. The number of hydrogen-bond acceptors (Lipinski definition) is 3. The van der Waals surface area contributed by atoms with Crippen LogP contribution in [-0.2, 0) is 0 Å². The first kappa shape index (κ1) is 10.7. The lowest BCUT2D eigenvalue weighted by atomic mass is 10.0. The van der Waals surface area contributed by atoms with Gasteiger partial charge in [-0.3, -0.25) is 4.90 Å². The standard InChI is InChI=1S/C10H20N2O/c1-8(5-11)6-12-4-3-9(2)10(12)7-13/h9-10,13H,1,3-7,11H2,2H3. The van der Waals surface area contributed by atoms with Gasteiger partial charge in [-0.05, 0) is 24.5 Å². The first-order valence-electron chi connectivity index (χ1n) is 4.90. The Labute approximate surface area is 80.2 Å². The van der Waals surface area contributed by atoms with E-state index >= 15 is 0 Å². The third kappa shape index (κ3) is 2.53. The van der Waals surface area contributed by atoms with E-state index in [9.17, 15) is 5.11 Å². The molecular weight excluding hydrogens is 164 g/mol. The van der Waals surface area contributed by atoms with Crippen LogP contribution in [0, 0.1) is 5.92 Å². The van der Waals surface area contributed by atoms with E-state index in [1.54, 1.807) is 0 Å². The summed E-state index contributed by atoms with van der Waals surface area (Å²) in [6.45, 7) is 8.76. The monoisotopic (exact) mass is 184 g/mol. The molecule has 0 aromatic heterocycles. The highest BCUT2D eigenvalue weighted by Crippen LogP contribution is 2.23. The lowest BCUT2D eigenvalue weighted by Crippen LogP contribution is -2.37. The lowest BCUT2D eigenvalue weighted by Gasteiger charge is -2.25. The second-order valence-corrected chi connectivity index (χ2v) is 3.94. The van der Waals surface area contributed by atoms with E-state index in [2.05, 4.69) is 18.4 Å². The smallest absolute Gasteiger partial charge is 0.0589 e. The van der Waals surface area contributed by atoms with Crippen molar-refractivity contribution in [2.45, 2.75) is 19.4 Å². The van der Waals surface area contributed by atoms with Crippen LogP contribution in [-0.4, -0.2) is 42.3 Å². The van der Waals surface area contributed by atoms with Gasteiger partial charge in [-0.15, -0.1) is 0 Å². The van der Waals surface area contributed by atoms with E-state index in [-0.39, 0.29) is 6.61 Å². The fourth-order valence-corrected chi connectivity index (χ4v) is 1.93. The Bertz CT molecular complexity index is 182. The fraction of sp³-hybridized carbons (Fsp3) is 0.800. The molecule has 2 unspecified atom stereocenters. The molecule has 0 bridgehead atoms. The van der Waals surface area contributed by atoms with Crippen molar-refractivity contribution in [1.29, 1.82) is 0 Å². The van der Waals surface area contributed by atoms with Crippen LogP contribution in [0.2, 0.25) is 0 Å². The van der Waals surface area contributed by atoms with Crippen LogP contribution in [0.1, 0.15) is 13.3 Å². The van der Waals surface area contributed by atoms with E-state index in [0.29, 0.717) is 18.5 Å². The SMILES string of the molecule is C=C(CN)CN1CCC(C)C1CO. The molecular formula is C10H20N2O. The summed E-state index contributed by atoms with van der Waals surface area (Å²) in [5.74, 6) is 0.593. The van der Waals surface area contributed by atoms with Gasteiger partial charge in [0, 0.05) is 19.1 Å². The Morgan fingerprint density at radius 3 is 2.92 bits per heavy atom. The van der Waals surface area contributed by atoms with E-state index in [1.807, 2.05) is 0 Å². The highest BCUT2D eigenvalue weighted by Gasteiger charge is 2.30. The summed E-state index contributed by atoms with van der Waals surface area (Å²) in [5.41, 5.74) is 6.53. The predicted molar refractivity (Wildman–Crippen MR) is 54.4 cm³/mol. The summed E-state index contributed by atoms with van der Waals surface area (Å²) in [6, 6.07) is 0.309. The zero-order valence-corrected chi connectivity index (χ0v) is 8.37. The summed E-state index contributed by atoms with van der Waals surface area (Å²) in [5, 5.41) is 9.19. The predicted octanol–water partition coefficient (Wildman–Crippen LogP) is 0.204. The first-order valence-corrected chi connectivity index (χ1v) is 4.90. The van der Waals surface area contributed by atoms with Crippen molar-refractivity contribution in [3.8, 4) is 0 Å². The Balaban J connectivity index is 2.45. The number of aliphatic hydroxyl groups is 1. The Kier molecular flexibility index (Phi) is 3.90. The summed E-state index contributed by atoms with van der Waals surface area (Å²) in [7, 11) is 0. The van der Waals surface area contributed by atoms with Crippen molar-refractivity contribution in [3.05, 3.63) is 12.2 Å². The molecule has 2 atom stereocenters. The molecule has 1 rings (SSSR count). The fourth-order valence-electron chi connectivity index (χ4n) is 1.93. The summed E-state index contributed by atoms with van der Waals surface area (Å²) < 4.78 is 0. The molecule has 0 radical (unpaired) electrons. The molecule has 0 spiro atoms. The van der Waals surface area contributed by atoms with E-state index < -0.39 is 0 Å². The second-order valence-electron chi connectivity index (χ2n) is 3.94. The molecule has 3 nitrogen and oxygen atoms in total. The lowest BCUT2D eigenvalue weighted by molar-refractivity contribution is 0.147. The van der Waals surface area contributed by atoms with E-state index in [1.165, 1.54) is 6.42 Å². The number of likely N-dealkylation sites (tertiary alicyclic amines) is 1. The molecule has 0 aliphatic carbocycles. The summed E-state index contributed by atoms with van der Waals surface area (Å²) in [6.07, 6.45) is 1.17. The molecule has 0 saturated carbocycles. The van der Waals surface area contributed by atoms with Gasteiger partial charge in [-0.2, -0.15) is 0 Å². The van der Waals surface area contributed by atoms with Gasteiger partial charge in [0.1, 0.15) is 0 Å². The molecule has 3 heteroatoms. The van der Waals surface area contributed by atoms with Gasteiger partial charge >= 0.3 is 0 Å². The van der Waals surface area contributed by atoms with Crippen LogP contribution < -0.4 is 5.73 Å². The van der Waals surface area contributed by atoms with Gasteiger partial charge in [-0.25, -0.2) is 0 Å². The molecule has 1 aliphatic rings. The topological polar surface area (TPSA) is 49.5 Å². The molecule has 1 saturated heterocycles. The molecule has 1 heterocycles. The summed E-state index contributed by atoms with van der Waals surface area (Å²) >= 11 is 0. The van der Waals surface area contributed by atoms with Crippen molar-refractivity contribution in [2.75, 3.05) is 26.2 Å². The number of nitrogens with two attached hydrogens (primary N) is 1. The van der Waals surface area contributed by atoms with Crippen LogP contribution in [0.25, 0.3) is 0 Å². The van der Waals surface area contributed by atoms with Crippen LogP contribution in [0.3, 0.4) is 0 Å². The highest BCUT2D eigenvalue weighted by atomic mass is 16.3. The van der Waals surface area contributed by atoms with Gasteiger partial charge in [0.15, 0.2) is 0 Å². The Hall–Kier alpha value is -0.380. The van der Waals surface area contributed by atoms with Crippen LogP contribution in [0.15, 0.2) is 12.2 Å². The number of aliphatic hydroxyl groups excluding tert-OH is 1. The number of nitrogens with zero attached hydrogens (tertiary/aromatic N) is 1. The molecule has 3 N–H and O–H groups in total. The maximum absolute atomic E-state index is 9.19. The minimum absolute atomic E-state index is 0.249. The molecule has 76 valence electrons. The van der Waals surface area contributed by atoms with Crippen molar-refractivity contribution in [1.82, 2.24) is 4.90 Å². The first-order chi connectivity index (χ1) is 6.19. The minimum Gasteiger partial charge on any atom is -0.395 e. The molecule has 13 heavy (non-hydrogen) atoms. The average molecular weight is 184 g/mol. The van der Waals surface area contributed by atoms with Crippen LogP contribution in [0.5, 0.6) is 0 Å². The van der Waals surface area contributed by atoms with Crippen molar-refractivity contribution >= 4 is 0 Å².